The quantitative estimate of drug-likeness (QED) is 0.917. The zero-order valence-electron chi connectivity index (χ0n) is 12.6. The van der Waals surface area contributed by atoms with Crippen LogP contribution < -0.4 is 0 Å². The summed E-state index contributed by atoms with van der Waals surface area (Å²) in [5.74, 6) is 1.49. The maximum absolute atomic E-state index is 9.95. The standard InChI is InChI=1S/C17H22N2O2/c1-12(2)14(20)11-15-18-16(19-21-15)17(9-6-10-17)13-7-4-3-5-8-13/h3-5,7-8,12,14,20H,6,9-11H2,1-2H3. The van der Waals surface area contributed by atoms with Crippen LogP contribution in [0.5, 0.6) is 0 Å². The van der Waals surface area contributed by atoms with E-state index >= 15 is 0 Å². The van der Waals surface area contributed by atoms with Gasteiger partial charge in [-0.2, -0.15) is 4.98 Å². The van der Waals surface area contributed by atoms with Crippen LogP contribution in [0.15, 0.2) is 34.9 Å². The first-order valence-electron chi connectivity index (χ1n) is 7.68. The van der Waals surface area contributed by atoms with Gasteiger partial charge in [0.2, 0.25) is 5.89 Å². The second kappa shape index (κ2) is 5.60. The normalized spacial score (nSPS) is 18.5. The van der Waals surface area contributed by atoms with Crippen molar-refractivity contribution in [2.75, 3.05) is 0 Å². The highest BCUT2D eigenvalue weighted by Gasteiger charge is 2.44. The minimum absolute atomic E-state index is 0.0915. The molecule has 1 atom stereocenters. The molecule has 1 aliphatic carbocycles. The molecule has 1 aromatic heterocycles. The predicted octanol–water partition coefficient (Wildman–Crippen LogP) is 3.10. The third-order valence-electron chi connectivity index (χ3n) is 4.58. The Morgan fingerprint density at radius 1 is 1.24 bits per heavy atom. The summed E-state index contributed by atoms with van der Waals surface area (Å²) >= 11 is 0. The van der Waals surface area contributed by atoms with Gasteiger partial charge in [0, 0.05) is 0 Å². The number of aliphatic hydroxyl groups excluding tert-OH is 1. The van der Waals surface area contributed by atoms with Crippen LogP contribution in [0.3, 0.4) is 0 Å². The van der Waals surface area contributed by atoms with E-state index in [-0.39, 0.29) is 11.3 Å². The Morgan fingerprint density at radius 3 is 2.52 bits per heavy atom. The highest BCUT2D eigenvalue weighted by atomic mass is 16.5. The van der Waals surface area contributed by atoms with Gasteiger partial charge >= 0.3 is 0 Å². The van der Waals surface area contributed by atoms with Crippen molar-refractivity contribution >= 4 is 0 Å². The van der Waals surface area contributed by atoms with Crippen LogP contribution in [0.1, 0.15) is 50.4 Å². The number of nitrogens with zero attached hydrogens (tertiary/aromatic N) is 2. The Morgan fingerprint density at radius 2 is 1.95 bits per heavy atom. The first kappa shape index (κ1) is 14.3. The molecule has 0 spiro atoms. The van der Waals surface area contributed by atoms with E-state index in [1.807, 2.05) is 19.9 Å². The average Bonchev–Trinajstić information content (AvgIpc) is 2.87. The summed E-state index contributed by atoms with van der Waals surface area (Å²) in [6.45, 7) is 3.97. The zero-order valence-corrected chi connectivity index (χ0v) is 12.6. The third kappa shape index (κ3) is 2.60. The van der Waals surface area contributed by atoms with Crippen LogP contribution in [-0.4, -0.2) is 21.4 Å². The minimum atomic E-state index is -0.438. The van der Waals surface area contributed by atoms with Crippen LogP contribution in [0.25, 0.3) is 0 Å². The van der Waals surface area contributed by atoms with E-state index in [0.717, 1.165) is 18.7 Å². The van der Waals surface area contributed by atoms with Crippen molar-refractivity contribution < 1.29 is 9.63 Å². The SMILES string of the molecule is CC(C)C(O)Cc1nc(C2(c3ccccc3)CCC2)no1. The van der Waals surface area contributed by atoms with Gasteiger partial charge in [0.05, 0.1) is 17.9 Å². The van der Waals surface area contributed by atoms with E-state index in [0.29, 0.717) is 12.3 Å². The Kier molecular flexibility index (Phi) is 3.81. The maximum Gasteiger partial charge on any atom is 0.229 e. The highest BCUT2D eigenvalue weighted by molar-refractivity contribution is 5.35. The molecule has 1 heterocycles. The third-order valence-corrected chi connectivity index (χ3v) is 4.58. The first-order chi connectivity index (χ1) is 10.1. The Balaban J connectivity index is 1.85. The van der Waals surface area contributed by atoms with E-state index in [2.05, 4.69) is 34.4 Å². The smallest absolute Gasteiger partial charge is 0.229 e. The van der Waals surface area contributed by atoms with E-state index in [1.54, 1.807) is 0 Å². The lowest BCUT2D eigenvalue weighted by Crippen LogP contribution is -2.36. The molecule has 1 N–H and O–H groups in total. The fraction of sp³-hybridized carbons (Fsp3) is 0.529. The van der Waals surface area contributed by atoms with E-state index in [4.69, 9.17) is 4.52 Å². The molecule has 3 rings (SSSR count). The van der Waals surface area contributed by atoms with E-state index < -0.39 is 6.10 Å². The van der Waals surface area contributed by atoms with Crippen LogP contribution in [0.2, 0.25) is 0 Å². The average molecular weight is 286 g/mol. The van der Waals surface area contributed by atoms with Crippen molar-refractivity contribution in [3.8, 4) is 0 Å². The van der Waals surface area contributed by atoms with Gasteiger partial charge in [-0.3, -0.25) is 0 Å². The van der Waals surface area contributed by atoms with Gasteiger partial charge in [0.1, 0.15) is 0 Å². The molecule has 0 saturated heterocycles. The summed E-state index contributed by atoms with van der Waals surface area (Å²) in [5, 5.41) is 14.2. The van der Waals surface area contributed by atoms with Crippen LogP contribution in [0.4, 0.5) is 0 Å². The molecule has 0 amide bonds. The highest BCUT2D eigenvalue weighted by Crippen LogP contribution is 2.47. The van der Waals surface area contributed by atoms with Crippen molar-refractivity contribution in [2.45, 2.75) is 51.0 Å². The second-order valence-electron chi connectivity index (χ2n) is 6.33. The Labute approximate surface area is 125 Å². The molecule has 4 nitrogen and oxygen atoms in total. The molecule has 0 radical (unpaired) electrons. The topological polar surface area (TPSA) is 59.2 Å². The second-order valence-corrected chi connectivity index (χ2v) is 6.33. The van der Waals surface area contributed by atoms with Gasteiger partial charge in [-0.1, -0.05) is 55.8 Å². The number of aromatic nitrogens is 2. The van der Waals surface area contributed by atoms with Crippen molar-refractivity contribution in [3.05, 3.63) is 47.6 Å². The monoisotopic (exact) mass is 286 g/mol. The summed E-state index contributed by atoms with van der Waals surface area (Å²) in [7, 11) is 0. The number of hydrogen-bond donors (Lipinski definition) is 1. The van der Waals surface area contributed by atoms with Crippen molar-refractivity contribution in [2.24, 2.45) is 5.92 Å². The lowest BCUT2D eigenvalue weighted by Gasteiger charge is -2.39. The lowest BCUT2D eigenvalue weighted by molar-refractivity contribution is 0.116. The Hall–Kier alpha value is -1.68. The van der Waals surface area contributed by atoms with Crippen LogP contribution in [-0.2, 0) is 11.8 Å². The molecule has 1 unspecified atom stereocenters. The fourth-order valence-corrected chi connectivity index (χ4v) is 2.88. The van der Waals surface area contributed by atoms with Gasteiger partial charge in [-0.05, 0) is 24.3 Å². The molecule has 0 aliphatic heterocycles. The summed E-state index contributed by atoms with van der Waals surface area (Å²) in [5.41, 5.74) is 1.17. The molecular weight excluding hydrogens is 264 g/mol. The molecule has 21 heavy (non-hydrogen) atoms. The summed E-state index contributed by atoms with van der Waals surface area (Å²) in [6, 6.07) is 10.4. The molecule has 1 aliphatic rings. The molecule has 1 saturated carbocycles. The van der Waals surface area contributed by atoms with Crippen molar-refractivity contribution in [1.29, 1.82) is 0 Å². The molecule has 112 valence electrons. The first-order valence-corrected chi connectivity index (χ1v) is 7.68. The predicted molar refractivity (Wildman–Crippen MR) is 79.9 cm³/mol. The van der Waals surface area contributed by atoms with Gasteiger partial charge in [0.25, 0.3) is 0 Å². The minimum Gasteiger partial charge on any atom is -0.392 e. The summed E-state index contributed by atoms with van der Waals surface area (Å²) in [4.78, 5) is 4.57. The van der Waals surface area contributed by atoms with Gasteiger partial charge in [-0.25, -0.2) is 0 Å². The van der Waals surface area contributed by atoms with Crippen molar-refractivity contribution in [3.63, 3.8) is 0 Å². The van der Waals surface area contributed by atoms with Crippen LogP contribution in [0, 0.1) is 5.92 Å². The molecule has 2 aromatic rings. The molecular formula is C17H22N2O2. The van der Waals surface area contributed by atoms with Crippen LogP contribution >= 0.6 is 0 Å². The van der Waals surface area contributed by atoms with Gasteiger partial charge < -0.3 is 9.63 Å². The summed E-state index contributed by atoms with van der Waals surface area (Å²) in [6.07, 6.45) is 3.29. The van der Waals surface area contributed by atoms with Gasteiger partial charge in [0.15, 0.2) is 5.82 Å². The fourth-order valence-electron chi connectivity index (χ4n) is 2.88. The van der Waals surface area contributed by atoms with E-state index in [1.165, 1.54) is 12.0 Å². The number of benzene rings is 1. The lowest BCUT2D eigenvalue weighted by atomic mass is 9.64. The number of aliphatic hydroxyl groups is 1. The zero-order chi connectivity index (χ0) is 14.9. The molecule has 0 bridgehead atoms. The van der Waals surface area contributed by atoms with Crippen molar-refractivity contribution in [1.82, 2.24) is 10.1 Å². The van der Waals surface area contributed by atoms with E-state index in [9.17, 15) is 5.11 Å². The molecule has 1 fully saturated rings. The number of rotatable bonds is 5. The van der Waals surface area contributed by atoms with Gasteiger partial charge in [-0.15, -0.1) is 0 Å². The Bertz CT molecular complexity index is 588. The number of hydrogen-bond acceptors (Lipinski definition) is 4. The molecule has 4 heteroatoms. The maximum atomic E-state index is 9.95. The molecule has 1 aromatic carbocycles. The largest absolute Gasteiger partial charge is 0.392 e. The summed E-state index contributed by atoms with van der Waals surface area (Å²) < 4.78 is 5.37.